The largest absolute Gasteiger partial charge is 0.336 e. The lowest BCUT2D eigenvalue weighted by Crippen LogP contribution is -2.44. The van der Waals surface area contributed by atoms with Gasteiger partial charge in [-0.3, -0.25) is 23.4 Å². The Morgan fingerprint density at radius 3 is 2.88 bits per heavy atom. The lowest BCUT2D eigenvalue weighted by Gasteiger charge is -2.25. The molecule has 1 atom stereocenters. The number of carbonyl (C=O) groups excluding carboxylic acids is 1. The molecule has 0 bridgehead atoms. The van der Waals surface area contributed by atoms with Crippen LogP contribution in [0.4, 0.5) is 0 Å². The van der Waals surface area contributed by atoms with Gasteiger partial charge < -0.3 is 4.90 Å². The van der Waals surface area contributed by atoms with Crippen molar-refractivity contribution in [3.05, 3.63) is 51.1 Å². The molecule has 1 fully saturated rings. The maximum atomic E-state index is 12.6. The number of likely N-dealkylation sites (tertiary alicyclic amines) is 1. The first-order valence-corrected chi connectivity index (χ1v) is 8.00. The predicted octanol–water partition coefficient (Wildman–Crippen LogP) is -0.257. The van der Waals surface area contributed by atoms with Gasteiger partial charge in [0, 0.05) is 32.1 Å². The summed E-state index contributed by atoms with van der Waals surface area (Å²) in [5, 5.41) is 4.28. The van der Waals surface area contributed by atoms with Crippen molar-refractivity contribution in [2.45, 2.75) is 38.9 Å². The fourth-order valence-electron chi connectivity index (χ4n) is 3.11. The summed E-state index contributed by atoms with van der Waals surface area (Å²) in [5.41, 5.74) is 0.230. The van der Waals surface area contributed by atoms with Crippen LogP contribution >= 0.6 is 0 Å². The number of carbonyl (C=O) groups is 1. The number of nitrogens with zero attached hydrogens (tertiary/aromatic N) is 5. The molecular weight excluding hydrogens is 310 g/mol. The molecule has 3 heterocycles. The summed E-state index contributed by atoms with van der Waals surface area (Å²) in [4.78, 5) is 37.9. The van der Waals surface area contributed by atoms with Crippen LogP contribution in [0.2, 0.25) is 0 Å². The second kappa shape index (κ2) is 6.46. The highest BCUT2D eigenvalue weighted by atomic mass is 16.2. The quantitative estimate of drug-likeness (QED) is 0.773. The number of aryl methyl sites for hydroxylation is 1. The topological polar surface area (TPSA) is 82.1 Å². The van der Waals surface area contributed by atoms with E-state index in [4.69, 9.17) is 0 Å². The van der Waals surface area contributed by atoms with Gasteiger partial charge in [-0.1, -0.05) is 0 Å². The van der Waals surface area contributed by atoms with Crippen LogP contribution < -0.4 is 11.2 Å². The molecule has 0 aliphatic carbocycles. The van der Waals surface area contributed by atoms with Gasteiger partial charge in [0.25, 0.3) is 5.56 Å². The van der Waals surface area contributed by atoms with E-state index >= 15 is 0 Å². The Kier molecular flexibility index (Phi) is 4.37. The SMILES string of the molecule is Cc1cnn(C[C@H]2CCCN2C(=O)Cn2ccc(=O)n(C)c2=O)c1. The van der Waals surface area contributed by atoms with Crippen molar-refractivity contribution in [1.82, 2.24) is 23.8 Å². The maximum absolute atomic E-state index is 12.6. The minimum Gasteiger partial charge on any atom is -0.336 e. The summed E-state index contributed by atoms with van der Waals surface area (Å²) >= 11 is 0. The molecule has 2 aromatic heterocycles. The lowest BCUT2D eigenvalue weighted by atomic mass is 10.2. The molecule has 0 aromatic carbocycles. The molecule has 1 saturated heterocycles. The summed E-state index contributed by atoms with van der Waals surface area (Å²) in [5.74, 6) is -0.109. The third-order valence-electron chi connectivity index (χ3n) is 4.42. The zero-order chi connectivity index (χ0) is 17.3. The smallest absolute Gasteiger partial charge is 0.331 e. The van der Waals surface area contributed by atoms with E-state index in [0.29, 0.717) is 13.1 Å². The van der Waals surface area contributed by atoms with Gasteiger partial charge in [-0.2, -0.15) is 5.10 Å². The highest BCUT2D eigenvalue weighted by Crippen LogP contribution is 2.19. The second-order valence-corrected chi connectivity index (χ2v) is 6.25. The van der Waals surface area contributed by atoms with E-state index in [1.165, 1.54) is 23.9 Å². The third-order valence-corrected chi connectivity index (χ3v) is 4.42. The van der Waals surface area contributed by atoms with Crippen molar-refractivity contribution in [2.75, 3.05) is 6.54 Å². The van der Waals surface area contributed by atoms with Crippen molar-refractivity contribution < 1.29 is 4.79 Å². The number of amides is 1. The van der Waals surface area contributed by atoms with E-state index in [2.05, 4.69) is 5.10 Å². The Hall–Kier alpha value is -2.64. The molecule has 8 nitrogen and oxygen atoms in total. The van der Waals surface area contributed by atoms with Crippen molar-refractivity contribution in [3.8, 4) is 0 Å². The summed E-state index contributed by atoms with van der Waals surface area (Å²) in [6.45, 7) is 3.26. The molecule has 0 N–H and O–H groups in total. The average molecular weight is 331 g/mol. The first kappa shape index (κ1) is 16.2. The normalized spacial score (nSPS) is 17.4. The Labute approximate surface area is 138 Å². The fourth-order valence-corrected chi connectivity index (χ4v) is 3.11. The van der Waals surface area contributed by atoms with Crippen molar-refractivity contribution in [2.24, 2.45) is 7.05 Å². The Morgan fingerprint density at radius 2 is 2.17 bits per heavy atom. The van der Waals surface area contributed by atoms with Gasteiger partial charge in [0.1, 0.15) is 6.54 Å². The van der Waals surface area contributed by atoms with Crippen LogP contribution in [-0.2, 0) is 24.9 Å². The molecule has 0 unspecified atom stereocenters. The van der Waals surface area contributed by atoms with E-state index in [9.17, 15) is 14.4 Å². The van der Waals surface area contributed by atoms with E-state index in [1.807, 2.05) is 22.7 Å². The second-order valence-electron chi connectivity index (χ2n) is 6.25. The van der Waals surface area contributed by atoms with Gasteiger partial charge in [0.2, 0.25) is 5.91 Å². The Balaban J connectivity index is 1.73. The standard InChI is InChI=1S/C16H21N5O3/c1-12-8-17-20(9-12)10-13-4-3-6-21(13)15(23)11-19-7-5-14(22)18(2)16(19)24/h5,7-9,13H,3-4,6,10-11H2,1-2H3/t13-/m1/s1. The molecular formula is C16H21N5O3. The highest BCUT2D eigenvalue weighted by Gasteiger charge is 2.29. The Morgan fingerprint density at radius 1 is 1.38 bits per heavy atom. The molecule has 24 heavy (non-hydrogen) atoms. The van der Waals surface area contributed by atoms with Crippen LogP contribution in [0.25, 0.3) is 0 Å². The van der Waals surface area contributed by atoms with Gasteiger partial charge >= 0.3 is 5.69 Å². The molecule has 3 rings (SSSR count). The zero-order valence-corrected chi connectivity index (χ0v) is 13.9. The summed E-state index contributed by atoms with van der Waals surface area (Å²) < 4.78 is 4.13. The first-order valence-electron chi connectivity index (χ1n) is 8.00. The molecule has 0 saturated carbocycles. The highest BCUT2D eigenvalue weighted by molar-refractivity contribution is 5.76. The van der Waals surface area contributed by atoms with E-state index in [1.54, 1.807) is 6.20 Å². The van der Waals surface area contributed by atoms with Crippen LogP contribution in [0.5, 0.6) is 0 Å². The average Bonchev–Trinajstić information content (AvgIpc) is 3.17. The molecule has 8 heteroatoms. The minimum absolute atomic E-state index is 0.0540. The summed E-state index contributed by atoms with van der Waals surface area (Å²) in [6, 6.07) is 1.38. The van der Waals surface area contributed by atoms with Crippen molar-refractivity contribution >= 4 is 5.91 Å². The van der Waals surface area contributed by atoms with E-state index in [0.717, 1.165) is 23.0 Å². The fraction of sp³-hybridized carbons (Fsp3) is 0.500. The molecule has 1 aliphatic heterocycles. The van der Waals surface area contributed by atoms with Crippen molar-refractivity contribution in [1.29, 1.82) is 0 Å². The minimum atomic E-state index is -0.478. The summed E-state index contributed by atoms with van der Waals surface area (Å²) in [7, 11) is 1.41. The van der Waals surface area contributed by atoms with Crippen LogP contribution in [0, 0.1) is 6.92 Å². The van der Waals surface area contributed by atoms with Crippen molar-refractivity contribution in [3.63, 3.8) is 0 Å². The van der Waals surface area contributed by atoms with Crippen LogP contribution in [0.3, 0.4) is 0 Å². The monoisotopic (exact) mass is 331 g/mol. The molecule has 2 aromatic rings. The number of aromatic nitrogens is 4. The van der Waals surface area contributed by atoms with E-state index in [-0.39, 0.29) is 24.1 Å². The number of hydrogen-bond donors (Lipinski definition) is 0. The van der Waals surface area contributed by atoms with Crippen LogP contribution in [-0.4, -0.2) is 42.3 Å². The molecule has 0 spiro atoms. The Bertz CT molecular complexity index is 863. The summed E-state index contributed by atoms with van der Waals surface area (Å²) in [6.07, 6.45) is 7.00. The van der Waals surface area contributed by atoms with Gasteiger partial charge in [-0.15, -0.1) is 0 Å². The van der Waals surface area contributed by atoms with Crippen LogP contribution in [0.15, 0.2) is 34.2 Å². The maximum Gasteiger partial charge on any atom is 0.331 e. The van der Waals surface area contributed by atoms with Crippen LogP contribution in [0.1, 0.15) is 18.4 Å². The molecule has 0 radical (unpaired) electrons. The van der Waals surface area contributed by atoms with E-state index < -0.39 is 5.69 Å². The third kappa shape index (κ3) is 3.17. The van der Waals surface area contributed by atoms with Gasteiger partial charge in [-0.25, -0.2) is 4.79 Å². The number of hydrogen-bond acceptors (Lipinski definition) is 4. The zero-order valence-electron chi connectivity index (χ0n) is 13.9. The molecule has 1 aliphatic rings. The van der Waals surface area contributed by atoms with Gasteiger partial charge in [0.15, 0.2) is 0 Å². The number of rotatable bonds is 4. The molecule has 1 amide bonds. The predicted molar refractivity (Wildman–Crippen MR) is 87.6 cm³/mol. The van der Waals surface area contributed by atoms with Gasteiger partial charge in [0.05, 0.1) is 18.8 Å². The molecule has 128 valence electrons. The lowest BCUT2D eigenvalue weighted by molar-refractivity contribution is -0.133. The van der Waals surface area contributed by atoms with Gasteiger partial charge in [-0.05, 0) is 25.3 Å². The first-order chi connectivity index (χ1) is 11.5.